The van der Waals surface area contributed by atoms with Crippen molar-refractivity contribution in [2.75, 3.05) is 0 Å². The first-order chi connectivity index (χ1) is 27.7. The van der Waals surface area contributed by atoms with Crippen molar-refractivity contribution in [1.29, 1.82) is 5.26 Å². The van der Waals surface area contributed by atoms with Gasteiger partial charge in [0.2, 0.25) is 0 Å². The Kier molecular flexibility index (Phi) is 7.13. The molecule has 0 atom stereocenters. The van der Waals surface area contributed by atoms with Crippen molar-refractivity contribution >= 4 is 32.3 Å². The number of nitriles is 1. The van der Waals surface area contributed by atoms with Gasteiger partial charge in [-0.15, -0.1) is 0 Å². The van der Waals surface area contributed by atoms with Crippen LogP contribution in [0.4, 0.5) is 0 Å². The summed E-state index contributed by atoms with van der Waals surface area (Å²) in [5.74, 6) is 1.77. The zero-order chi connectivity index (χ0) is 37.2. The lowest BCUT2D eigenvalue weighted by Crippen LogP contribution is -2.01. The summed E-state index contributed by atoms with van der Waals surface area (Å²) in [5, 5.41) is 16.0. The van der Waals surface area contributed by atoms with Crippen molar-refractivity contribution in [3.8, 4) is 84.7 Å². The lowest BCUT2D eigenvalue weighted by atomic mass is 9.88. The van der Waals surface area contributed by atoms with Crippen LogP contribution in [0.15, 0.2) is 170 Å². The summed E-state index contributed by atoms with van der Waals surface area (Å²) in [6, 6.07) is 52.6. The van der Waals surface area contributed by atoms with Gasteiger partial charge in [0.25, 0.3) is 0 Å². The zero-order valence-electron chi connectivity index (χ0n) is 29.8. The van der Waals surface area contributed by atoms with Gasteiger partial charge in [0, 0.05) is 52.3 Å². The summed E-state index contributed by atoms with van der Waals surface area (Å²) in [7, 11) is 0. The van der Waals surface area contributed by atoms with Crippen LogP contribution in [0, 0.1) is 11.3 Å². The molecule has 1 aliphatic carbocycles. The minimum Gasteiger partial charge on any atom is -0.264 e. The van der Waals surface area contributed by atoms with E-state index in [2.05, 4.69) is 113 Å². The van der Waals surface area contributed by atoms with Crippen LogP contribution in [-0.2, 0) is 0 Å². The first kappa shape index (κ1) is 31.6. The molecule has 0 saturated carbocycles. The fourth-order valence-electron chi connectivity index (χ4n) is 8.28. The molecular weight excluding hydrogens is 685 g/mol. The predicted octanol–water partition coefficient (Wildman–Crippen LogP) is 12.0. The molecule has 11 rings (SSSR count). The van der Waals surface area contributed by atoms with Crippen LogP contribution in [0.25, 0.3) is 111 Å². The minimum absolute atomic E-state index is 0.586. The molecule has 6 heteroatoms. The van der Waals surface area contributed by atoms with Gasteiger partial charge in [-0.05, 0) is 90.3 Å². The van der Waals surface area contributed by atoms with Gasteiger partial charge in [-0.3, -0.25) is 9.97 Å². The third kappa shape index (κ3) is 4.99. The third-order valence-electron chi connectivity index (χ3n) is 10.9. The van der Waals surface area contributed by atoms with Crippen LogP contribution >= 0.6 is 0 Å². The largest absolute Gasteiger partial charge is 0.264 e. The maximum atomic E-state index is 9.51. The summed E-state index contributed by atoms with van der Waals surface area (Å²) in [6.07, 6.45) is 7.34. The van der Waals surface area contributed by atoms with Crippen molar-refractivity contribution in [3.63, 3.8) is 0 Å². The maximum Gasteiger partial charge on any atom is 0.164 e. The van der Waals surface area contributed by atoms with E-state index in [-0.39, 0.29) is 0 Å². The van der Waals surface area contributed by atoms with Crippen LogP contribution in [0.1, 0.15) is 5.56 Å². The molecule has 0 amide bonds. The van der Waals surface area contributed by atoms with Crippen molar-refractivity contribution in [2.45, 2.75) is 0 Å². The number of nitrogens with zero attached hydrogens (tertiary/aromatic N) is 6. The van der Waals surface area contributed by atoms with Gasteiger partial charge in [0.1, 0.15) is 0 Å². The Morgan fingerprint density at radius 2 is 0.804 bits per heavy atom. The van der Waals surface area contributed by atoms with E-state index < -0.39 is 0 Å². The second kappa shape index (κ2) is 12.6. The predicted molar refractivity (Wildman–Crippen MR) is 224 cm³/mol. The molecule has 0 unspecified atom stereocenters. The van der Waals surface area contributed by atoms with E-state index in [4.69, 9.17) is 15.0 Å². The summed E-state index contributed by atoms with van der Waals surface area (Å²) in [5.41, 5.74) is 12.7. The number of fused-ring (bicyclic) bond motifs is 5. The van der Waals surface area contributed by atoms with Crippen LogP contribution in [0.3, 0.4) is 0 Å². The van der Waals surface area contributed by atoms with E-state index in [1.165, 1.54) is 33.0 Å². The normalized spacial score (nSPS) is 11.6. The number of hydrogen-bond donors (Lipinski definition) is 0. The zero-order valence-corrected chi connectivity index (χ0v) is 29.8. The maximum absolute atomic E-state index is 9.51. The Labute approximate surface area is 322 Å². The highest BCUT2D eigenvalue weighted by atomic mass is 15.0. The quantitative estimate of drug-likeness (QED) is 0.176. The number of aromatic nitrogens is 5. The second-order valence-electron chi connectivity index (χ2n) is 14.0. The third-order valence-corrected chi connectivity index (χ3v) is 10.9. The second-order valence-corrected chi connectivity index (χ2v) is 14.0. The molecule has 7 aromatic carbocycles. The first-order valence-corrected chi connectivity index (χ1v) is 18.4. The minimum atomic E-state index is 0.586. The molecule has 1 aliphatic rings. The van der Waals surface area contributed by atoms with E-state index in [0.717, 1.165) is 60.5 Å². The summed E-state index contributed by atoms with van der Waals surface area (Å²) in [6.45, 7) is 0. The summed E-state index contributed by atoms with van der Waals surface area (Å²) >= 11 is 0. The van der Waals surface area contributed by atoms with Gasteiger partial charge in [-0.25, -0.2) is 15.0 Å². The Bertz CT molecular complexity index is 3120. The molecule has 3 heterocycles. The summed E-state index contributed by atoms with van der Waals surface area (Å²) in [4.78, 5) is 24.1. The highest BCUT2D eigenvalue weighted by molar-refractivity contribution is 6.22. The molecule has 0 radical (unpaired) electrons. The summed E-state index contributed by atoms with van der Waals surface area (Å²) < 4.78 is 0. The van der Waals surface area contributed by atoms with Gasteiger partial charge in [-0.2, -0.15) is 5.26 Å². The fourth-order valence-corrected chi connectivity index (χ4v) is 8.28. The molecule has 10 aromatic rings. The molecule has 56 heavy (non-hydrogen) atoms. The van der Waals surface area contributed by atoms with Gasteiger partial charge in [-0.1, -0.05) is 121 Å². The van der Waals surface area contributed by atoms with E-state index in [0.29, 0.717) is 23.0 Å². The van der Waals surface area contributed by atoms with Crippen molar-refractivity contribution in [3.05, 3.63) is 176 Å². The highest BCUT2D eigenvalue weighted by Gasteiger charge is 2.25. The molecular formula is C50H28N6. The lowest BCUT2D eigenvalue weighted by Gasteiger charge is -2.15. The smallest absolute Gasteiger partial charge is 0.164 e. The highest BCUT2D eigenvalue weighted by Crippen LogP contribution is 2.52. The Morgan fingerprint density at radius 1 is 0.357 bits per heavy atom. The molecule has 3 aromatic heterocycles. The monoisotopic (exact) mass is 712 g/mol. The fraction of sp³-hybridized carbons (Fsp3) is 0. The molecule has 0 aliphatic heterocycles. The molecule has 0 bridgehead atoms. The Hall–Kier alpha value is -7.88. The van der Waals surface area contributed by atoms with E-state index >= 15 is 0 Å². The standard InChI is InChI=1S/C50H28N6/c51-27-30-11-13-31(14-12-30)38-19-21-42-40-7-1-2-8-41(40)43-22-20-39(46(38)47(42)43)32-15-17-33(18-16-32)48-54-49(44-9-3-5-34-28-52-25-23-36(34)44)56-50(55-48)45-10-4-6-35-29-53-26-24-37(35)45/h1-26,28-29H. The number of rotatable bonds is 5. The van der Waals surface area contributed by atoms with Gasteiger partial charge < -0.3 is 0 Å². The van der Waals surface area contributed by atoms with Crippen molar-refractivity contribution < 1.29 is 0 Å². The van der Waals surface area contributed by atoms with Gasteiger partial charge >= 0.3 is 0 Å². The Morgan fingerprint density at radius 3 is 1.34 bits per heavy atom. The van der Waals surface area contributed by atoms with Gasteiger partial charge in [0.15, 0.2) is 17.5 Å². The number of pyridine rings is 2. The molecule has 6 nitrogen and oxygen atoms in total. The number of hydrogen-bond acceptors (Lipinski definition) is 6. The average molecular weight is 713 g/mol. The van der Waals surface area contributed by atoms with Gasteiger partial charge in [0.05, 0.1) is 11.6 Å². The Balaban J connectivity index is 1.09. The van der Waals surface area contributed by atoms with Crippen molar-refractivity contribution in [1.82, 2.24) is 24.9 Å². The molecule has 0 spiro atoms. The topological polar surface area (TPSA) is 88.2 Å². The van der Waals surface area contributed by atoms with E-state index in [1.54, 1.807) is 12.4 Å². The van der Waals surface area contributed by atoms with Crippen molar-refractivity contribution in [2.24, 2.45) is 0 Å². The average Bonchev–Trinajstić information content (AvgIpc) is 3.60. The van der Waals surface area contributed by atoms with Crippen LogP contribution in [0.5, 0.6) is 0 Å². The number of benzene rings is 7. The van der Waals surface area contributed by atoms with Crippen LogP contribution in [0.2, 0.25) is 0 Å². The van der Waals surface area contributed by atoms with E-state index in [9.17, 15) is 5.26 Å². The molecule has 0 saturated heterocycles. The molecule has 0 N–H and O–H groups in total. The van der Waals surface area contributed by atoms with Crippen LogP contribution < -0.4 is 0 Å². The molecule has 0 fully saturated rings. The first-order valence-electron chi connectivity index (χ1n) is 18.4. The molecule has 258 valence electrons. The lowest BCUT2D eigenvalue weighted by molar-refractivity contribution is 1.08. The van der Waals surface area contributed by atoms with Crippen LogP contribution in [-0.4, -0.2) is 24.9 Å². The SMILES string of the molecule is N#Cc1ccc(-c2ccc3c4c(ccc(-c5ccc(-c6nc(-c7cccc8cnccc78)nc(-c7cccc8cnccc78)n6)cc5)c24)-c2ccccc2-3)cc1. The van der Waals surface area contributed by atoms with E-state index in [1.807, 2.05) is 60.9 Å².